The van der Waals surface area contributed by atoms with Gasteiger partial charge in [0.15, 0.2) is 0 Å². The van der Waals surface area contributed by atoms with Crippen LogP contribution in [0.2, 0.25) is 0 Å². The van der Waals surface area contributed by atoms with Crippen molar-refractivity contribution in [2.24, 2.45) is 0 Å². The number of ether oxygens (including phenoxy) is 1. The molecule has 0 saturated carbocycles. The van der Waals surface area contributed by atoms with Crippen molar-refractivity contribution in [2.45, 2.75) is 12.0 Å². The molecule has 1 N–H and O–H groups in total. The molecular weight excluding hydrogens is 354 g/mol. The third-order valence-electron chi connectivity index (χ3n) is 5.80. The van der Waals surface area contributed by atoms with Crippen molar-refractivity contribution < 1.29 is 14.3 Å². The minimum Gasteiger partial charge on any atom is -0.447 e. The molecule has 2 fully saturated rings. The molecule has 142 valence electrons. The van der Waals surface area contributed by atoms with Crippen molar-refractivity contribution in [1.29, 1.82) is 0 Å². The summed E-state index contributed by atoms with van der Waals surface area (Å²) in [6.45, 7) is 1.78. The molecule has 1 atom stereocenters. The monoisotopic (exact) mass is 375 g/mol. The van der Waals surface area contributed by atoms with Crippen LogP contribution in [0.3, 0.4) is 0 Å². The summed E-state index contributed by atoms with van der Waals surface area (Å²) in [6.07, 6.45) is 2.26. The number of nitrogens with one attached hydrogen (secondary N) is 1. The molecule has 2 amide bonds. The standard InChI is InChI=1S/C22H21N3O3/c26-20(18-6-7-19-17(12-18)8-9-23-19)24-10-11-25-21(27)28-15-22(25,14-24)13-16-4-2-1-3-5-16/h1-9,12,23H,10-11,13-15H2. The molecular formula is C22H21N3O3. The summed E-state index contributed by atoms with van der Waals surface area (Å²) in [6, 6.07) is 17.7. The van der Waals surface area contributed by atoms with Crippen molar-refractivity contribution in [3.05, 3.63) is 71.9 Å². The first-order valence-electron chi connectivity index (χ1n) is 9.49. The molecule has 6 nitrogen and oxygen atoms in total. The molecule has 5 rings (SSSR count). The fourth-order valence-corrected chi connectivity index (χ4v) is 4.38. The van der Waals surface area contributed by atoms with E-state index >= 15 is 0 Å². The van der Waals surface area contributed by atoms with Gasteiger partial charge in [-0.3, -0.25) is 9.69 Å². The average molecular weight is 375 g/mol. The maximum Gasteiger partial charge on any atom is 0.410 e. The Balaban J connectivity index is 1.43. The number of hydrogen-bond acceptors (Lipinski definition) is 3. The number of amides is 2. The van der Waals surface area contributed by atoms with Crippen LogP contribution in [-0.2, 0) is 11.2 Å². The first-order valence-corrected chi connectivity index (χ1v) is 9.49. The van der Waals surface area contributed by atoms with Gasteiger partial charge in [0.1, 0.15) is 12.1 Å². The minimum absolute atomic E-state index is 0.00506. The molecule has 2 aliphatic heterocycles. The van der Waals surface area contributed by atoms with E-state index in [4.69, 9.17) is 4.74 Å². The van der Waals surface area contributed by atoms with Crippen molar-refractivity contribution in [2.75, 3.05) is 26.2 Å². The number of rotatable bonds is 3. The van der Waals surface area contributed by atoms with Crippen molar-refractivity contribution in [1.82, 2.24) is 14.8 Å². The van der Waals surface area contributed by atoms with Crippen LogP contribution in [0, 0.1) is 0 Å². The maximum atomic E-state index is 13.2. The molecule has 0 spiro atoms. The number of carbonyl (C=O) groups is 2. The Morgan fingerprint density at radius 2 is 1.96 bits per heavy atom. The van der Waals surface area contributed by atoms with E-state index in [1.165, 1.54) is 0 Å². The van der Waals surface area contributed by atoms with E-state index in [0.717, 1.165) is 16.5 Å². The highest BCUT2D eigenvalue weighted by molar-refractivity contribution is 5.98. The van der Waals surface area contributed by atoms with E-state index in [9.17, 15) is 9.59 Å². The van der Waals surface area contributed by atoms with Crippen LogP contribution in [0.25, 0.3) is 10.9 Å². The van der Waals surface area contributed by atoms with Gasteiger partial charge in [0.2, 0.25) is 0 Å². The molecule has 2 aromatic carbocycles. The predicted octanol–water partition coefficient (Wildman–Crippen LogP) is 3.06. The summed E-state index contributed by atoms with van der Waals surface area (Å²) >= 11 is 0. The second kappa shape index (κ2) is 6.41. The lowest BCUT2D eigenvalue weighted by atomic mass is 9.88. The first-order chi connectivity index (χ1) is 13.6. The highest BCUT2D eigenvalue weighted by Gasteiger charge is 2.51. The van der Waals surface area contributed by atoms with Crippen LogP contribution < -0.4 is 0 Å². The summed E-state index contributed by atoms with van der Waals surface area (Å²) < 4.78 is 5.40. The summed E-state index contributed by atoms with van der Waals surface area (Å²) in [7, 11) is 0. The van der Waals surface area contributed by atoms with Crippen LogP contribution in [0.5, 0.6) is 0 Å². The van der Waals surface area contributed by atoms with Gasteiger partial charge in [-0.05, 0) is 29.8 Å². The number of aromatic amines is 1. The highest BCUT2D eigenvalue weighted by Crippen LogP contribution is 2.33. The minimum atomic E-state index is -0.509. The summed E-state index contributed by atoms with van der Waals surface area (Å²) in [5, 5.41) is 1.02. The van der Waals surface area contributed by atoms with Crippen LogP contribution >= 0.6 is 0 Å². The maximum absolute atomic E-state index is 13.2. The fourth-order valence-electron chi connectivity index (χ4n) is 4.38. The zero-order valence-corrected chi connectivity index (χ0v) is 15.4. The third-order valence-corrected chi connectivity index (χ3v) is 5.80. The quantitative estimate of drug-likeness (QED) is 0.765. The molecule has 6 heteroatoms. The van der Waals surface area contributed by atoms with Crippen LogP contribution in [0.1, 0.15) is 15.9 Å². The molecule has 28 heavy (non-hydrogen) atoms. The Morgan fingerprint density at radius 3 is 2.82 bits per heavy atom. The van der Waals surface area contributed by atoms with E-state index in [1.54, 1.807) is 4.90 Å². The highest BCUT2D eigenvalue weighted by atomic mass is 16.6. The number of aromatic nitrogens is 1. The number of hydrogen-bond donors (Lipinski definition) is 1. The van der Waals surface area contributed by atoms with Gasteiger partial charge in [-0.15, -0.1) is 0 Å². The summed E-state index contributed by atoms with van der Waals surface area (Å²) in [4.78, 5) is 32.3. The third kappa shape index (κ3) is 2.72. The normalized spacial score (nSPS) is 21.6. The number of benzene rings is 2. The van der Waals surface area contributed by atoms with Gasteiger partial charge in [-0.1, -0.05) is 30.3 Å². The molecule has 3 heterocycles. The van der Waals surface area contributed by atoms with Gasteiger partial charge in [0.05, 0.1) is 0 Å². The molecule has 2 aliphatic rings. The summed E-state index contributed by atoms with van der Waals surface area (Å²) in [5.74, 6) is -0.00506. The zero-order chi connectivity index (χ0) is 19.1. The van der Waals surface area contributed by atoms with E-state index in [0.29, 0.717) is 38.2 Å². The summed E-state index contributed by atoms with van der Waals surface area (Å²) in [5.41, 5.74) is 2.30. The molecule has 1 unspecified atom stereocenters. The van der Waals surface area contributed by atoms with E-state index < -0.39 is 5.54 Å². The first kappa shape index (κ1) is 16.9. The van der Waals surface area contributed by atoms with Gasteiger partial charge in [0, 0.05) is 48.7 Å². The molecule has 0 aliphatic carbocycles. The number of cyclic esters (lactones) is 1. The van der Waals surface area contributed by atoms with Gasteiger partial charge in [-0.2, -0.15) is 0 Å². The van der Waals surface area contributed by atoms with Gasteiger partial charge in [0.25, 0.3) is 5.91 Å². The lowest BCUT2D eigenvalue weighted by Gasteiger charge is -2.44. The fraction of sp³-hybridized carbons (Fsp3) is 0.273. The van der Waals surface area contributed by atoms with Crippen molar-refractivity contribution in [3.63, 3.8) is 0 Å². The Hall–Kier alpha value is -3.28. The molecule has 1 aromatic heterocycles. The number of carbonyl (C=O) groups excluding carboxylic acids is 2. The SMILES string of the molecule is O=C(c1ccc2[nH]ccc2c1)N1CCN2C(=O)OCC2(Cc2ccccc2)C1. The number of nitrogens with zero attached hydrogens (tertiary/aromatic N) is 2. The largest absolute Gasteiger partial charge is 0.447 e. The topological polar surface area (TPSA) is 65.6 Å². The zero-order valence-electron chi connectivity index (χ0n) is 15.4. The lowest BCUT2D eigenvalue weighted by molar-refractivity contribution is 0.0375. The van der Waals surface area contributed by atoms with Crippen molar-refractivity contribution in [3.8, 4) is 0 Å². The Kier molecular flexibility index (Phi) is 3.86. The van der Waals surface area contributed by atoms with Gasteiger partial charge < -0.3 is 14.6 Å². The van der Waals surface area contributed by atoms with Crippen LogP contribution in [0.15, 0.2) is 60.8 Å². The second-order valence-corrected chi connectivity index (χ2v) is 7.60. The van der Waals surface area contributed by atoms with Crippen molar-refractivity contribution >= 4 is 22.9 Å². The molecule has 2 saturated heterocycles. The van der Waals surface area contributed by atoms with E-state index in [1.807, 2.05) is 53.6 Å². The number of H-pyrrole nitrogens is 1. The second-order valence-electron chi connectivity index (χ2n) is 7.60. The van der Waals surface area contributed by atoms with E-state index in [-0.39, 0.29) is 12.0 Å². The molecule has 3 aromatic rings. The average Bonchev–Trinajstić information content (AvgIpc) is 3.32. The molecule has 0 bridgehead atoms. The Labute approximate surface area is 162 Å². The Morgan fingerprint density at radius 1 is 1.11 bits per heavy atom. The van der Waals surface area contributed by atoms with Crippen LogP contribution in [-0.4, -0.2) is 58.6 Å². The smallest absolute Gasteiger partial charge is 0.410 e. The van der Waals surface area contributed by atoms with Gasteiger partial charge in [-0.25, -0.2) is 4.79 Å². The Bertz CT molecular complexity index is 1050. The van der Waals surface area contributed by atoms with E-state index in [2.05, 4.69) is 17.1 Å². The number of fused-ring (bicyclic) bond motifs is 2. The number of piperazine rings is 1. The lowest BCUT2D eigenvalue weighted by Crippen LogP contribution is -2.63. The van der Waals surface area contributed by atoms with Gasteiger partial charge >= 0.3 is 6.09 Å². The predicted molar refractivity (Wildman–Crippen MR) is 105 cm³/mol. The van der Waals surface area contributed by atoms with Crippen LogP contribution in [0.4, 0.5) is 4.79 Å². The molecule has 0 radical (unpaired) electrons.